The first kappa shape index (κ1) is 46.7. The van der Waals surface area contributed by atoms with Crippen molar-refractivity contribution in [2.24, 2.45) is 47.3 Å². The molecule has 16 heteroatoms. The highest BCUT2D eigenvalue weighted by molar-refractivity contribution is 5.45. The molecule has 0 radical (unpaired) electrons. The summed E-state index contributed by atoms with van der Waals surface area (Å²) in [4.78, 5) is 0. The van der Waals surface area contributed by atoms with Crippen molar-refractivity contribution >= 4 is 22.7 Å². The van der Waals surface area contributed by atoms with E-state index in [0.29, 0.717) is 81.3 Å². The number of rotatable bonds is 8. The zero-order valence-electron chi connectivity index (χ0n) is 41.2. The maximum Gasteiger partial charge on any atom is 0.176 e. The third kappa shape index (κ3) is 8.99. The summed E-state index contributed by atoms with van der Waals surface area (Å²) in [6, 6.07) is 30.6. The molecule has 0 aromatic heterocycles. The second-order valence-electron chi connectivity index (χ2n) is 22.8. The Morgan fingerprint density at radius 3 is 0.694 bits per heavy atom. The van der Waals surface area contributed by atoms with E-state index in [1.807, 2.05) is 97.1 Å². The zero-order valence-corrected chi connectivity index (χ0v) is 41.2. The van der Waals surface area contributed by atoms with Gasteiger partial charge in [0.25, 0.3) is 0 Å². The smallest absolute Gasteiger partial charge is 0.176 e. The van der Waals surface area contributed by atoms with Crippen molar-refractivity contribution in [2.75, 3.05) is 22.9 Å². The van der Waals surface area contributed by atoms with Gasteiger partial charge in [-0.2, -0.15) is 0 Å². The van der Waals surface area contributed by atoms with Crippen LogP contribution in [-0.4, -0.2) is 73.7 Å². The standard InChI is InChI=1S/C56H76N12O4/c57-29-13-21-33(22-14-29)69-45-43-44(46(70-34-23-15-30(58)16-24-34)48(72-36-27-19-32(60)20-28-36)47(45)71-35-25-17-31(59)18-26-35)56-67-54-42-12-6-4-10-40(42)52(65-54)63-50-38-8-2-1-7-37(38)49(61-50)62-51-39-9-3-5-11-41(39)53(64-51)66-55(43)68-56/h13-28,37-56,61-68H,1-12,57-60H2. The zero-order chi connectivity index (χ0) is 48.5. The van der Waals surface area contributed by atoms with E-state index in [0.717, 1.165) is 12.8 Å². The fourth-order valence-corrected chi connectivity index (χ4v) is 15.4. The van der Waals surface area contributed by atoms with Crippen LogP contribution < -0.4 is 84.4 Å². The van der Waals surface area contributed by atoms with Crippen LogP contribution in [0.5, 0.6) is 23.0 Å². The molecule has 0 spiro atoms. The Morgan fingerprint density at radius 1 is 0.264 bits per heavy atom. The summed E-state index contributed by atoms with van der Waals surface area (Å²) >= 11 is 0. The molecular weight excluding hydrogens is 905 g/mol. The van der Waals surface area contributed by atoms with Crippen LogP contribution in [0.2, 0.25) is 0 Å². The minimum Gasteiger partial charge on any atom is -0.486 e. The Hall–Kier alpha value is -5.04. The summed E-state index contributed by atoms with van der Waals surface area (Å²) in [5, 5.41) is 34.3. The number of anilines is 4. The summed E-state index contributed by atoms with van der Waals surface area (Å²) in [6.07, 6.45) is 12.5. The van der Waals surface area contributed by atoms with E-state index in [2.05, 4.69) is 42.5 Å². The van der Waals surface area contributed by atoms with Crippen LogP contribution >= 0.6 is 0 Å². The number of nitrogen functional groups attached to an aromatic ring is 4. The Balaban J connectivity index is 0.963. The molecule has 20 unspecified atom stereocenters. The van der Waals surface area contributed by atoms with Gasteiger partial charge in [-0.05, 0) is 171 Å². The number of ether oxygens (including phenoxy) is 4. The number of fused-ring (bicyclic) bond motifs is 20. The molecule has 5 heterocycles. The fourth-order valence-electron chi connectivity index (χ4n) is 15.4. The monoisotopic (exact) mass is 981 g/mol. The number of nitrogens with two attached hydrogens (primary N) is 4. The number of hydrogen-bond donors (Lipinski definition) is 12. The van der Waals surface area contributed by atoms with Crippen LogP contribution in [0.15, 0.2) is 97.1 Å². The minimum atomic E-state index is -0.720. The van der Waals surface area contributed by atoms with Crippen LogP contribution in [-0.2, 0) is 0 Å². The number of hydrogen-bond acceptors (Lipinski definition) is 16. The first-order chi connectivity index (χ1) is 35.3. The van der Waals surface area contributed by atoms with Crippen LogP contribution in [0.4, 0.5) is 22.7 Å². The molecule has 4 saturated carbocycles. The average Bonchev–Trinajstić information content (AvgIpc) is 4.14. The molecular formula is C56H76N12O4. The molecule has 13 rings (SSSR count). The molecule has 8 bridgehead atoms. The Bertz CT molecular complexity index is 2300. The van der Waals surface area contributed by atoms with Crippen molar-refractivity contribution in [3.8, 4) is 23.0 Å². The molecule has 384 valence electrons. The molecule has 5 saturated heterocycles. The lowest BCUT2D eigenvalue weighted by atomic mass is 9.71. The summed E-state index contributed by atoms with van der Waals surface area (Å²) < 4.78 is 29.6. The largest absolute Gasteiger partial charge is 0.486 e. The maximum atomic E-state index is 7.47. The SMILES string of the molecule is Nc1ccc(OC2C(Oc3ccc(N)cc3)C(Oc3ccc(N)cc3)C3C4NC5NC(NC6NC(NC7NC(NC(N4)C3C2Oc2ccc(N)cc2)C2CCCCC72)C2CCCCC62)C2CCCCC52)cc1. The van der Waals surface area contributed by atoms with Crippen molar-refractivity contribution < 1.29 is 18.9 Å². The normalized spacial score (nSPS) is 41.0. The third-order valence-electron chi connectivity index (χ3n) is 18.6. The van der Waals surface area contributed by atoms with Crippen molar-refractivity contribution in [1.82, 2.24) is 42.5 Å². The molecule has 4 aromatic rings. The Labute approximate surface area is 423 Å². The highest BCUT2D eigenvalue weighted by Crippen LogP contribution is 2.49. The van der Waals surface area contributed by atoms with Gasteiger partial charge in [0.05, 0.1) is 49.3 Å². The first-order valence-electron chi connectivity index (χ1n) is 27.4. The van der Waals surface area contributed by atoms with Gasteiger partial charge in [-0.3, -0.25) is 42.5 Å². The number of nitrogens with one attached hydrogen (secondary N) is 8. The van der Waals surface area contributed by atoms with Crippen molar-refractivity contribution in [1.29, 1.82) is 0 Å². The lowest BCUT2D eigenvalue weighted by Gasteiger charge is -2.50. The van der Waals surface area contributed by atoms with Crippen LogP contribution in [0.1, 0.15) is 77.0 Å². The summed E-state index contributed by atoms with van der Waals surface area (Å²) in [5.74, 6) is 5.20. The minimum absolute atomic E-state index is 0.0284. The van der Waals surface area contributed by atoms with Crippen LogP contribution in [0.3, 0.4) is 0 Å². The maximum absolute atomic E-state index is 7.47. The molecule has 16 nitrogen and oxygen atoms in total. The van der Waals surface area contributed by atoms with Gasteiger partial charge >= 0.3 is 0 Å². The predicted molar refractivity (Wildman–Crippen MR) is 280 cm³/mol. The topological polar surface area (TPSA) is 237 Å². The summed E-state index contributed by atoms with van der Waals surface area (Å²) in [5.41, 5.74) is 27.8. The highest BCUT2D eigenvalue weighted by atomic mass is 16.6. The fraction of sp³-hybridized carbons (Fsp3) is 0.571. The van der Waals surface area contributed by atoms with Gasteiger partial charge in [0.15, 0.2) is 12.2 Å². The van der Waals surface area contributed by atoms with E-state index in [1.54, 1.807) is 0 Å². The quantitative estimate of drug-likeness (QED) is 0.102. The van der Waals surface area contributed by atoms with E-state index in [4.69, 9.17) is 41.9 Å². The molecule has 0 amide bonds. The van der Waals surface area contributed by atoms with Gasteiger partial charge in [-0.15, -0.1) is 0 Å². The van der Waals surface area contributed by atoms with Gasteiger partial charge in [-0.25, -0.2) is 0 Å². The second kappa shape index (κ2) is 19.7. The molecule has 16 N–H and O–H groups in total. The van der Waals surface area contributed by atoms with Gasteiger partial charge in [-0.1, -0.05) is 38.5 Å². The average molecular weight is 981 g/mol. The van der Waals surface area contributed by atoms with Crippen molar-refractivity contribution in [3.63, 3.8) is 0 Å². The predicted octanol–water partition coefficient (Wildman–Crippen LogP) is 5.16. The lowest BCUT2D eigenvalue weighted by Crippen LogP contribution is -2.69. The number of benzene rings is 4. The van der Waals surface area contributed by atoms with Gasteiger partial charge < -0.3 is 41.9 Å². The third-order valence-corrected chi connectivity index (χ3v) is 18.6. The van der Waals surface area contributed by atoms with Crippen LogP contribution in [0, 0.1) is 47.3 Å². The summed E-state index contributed by atoms with van der Waals surface area (Å²) in [7, 11) is 0. The highest BCUT2D eigenvalue weighted by Gasteiger charge is 2.65. The van der Waals surface area contributed by atoms with Gasteiger partial charge in [0, 0.05) is 34.6 Å². The molecule has 9 fully saturated rings. The van der Waals surface area contributed by atoms with E-state index < -0.39 is 24.4 Å². The lowest BCUT2D eigenvalue weighted by molar-refractivity contribution is -0.150. The van der Waals surface area contributed by atoms with E-state index in [9.17, 15) is 0 Å². The Morgan fingerprint density at radius 2 is 0.458 bits per heavy atom. The van der Waals surface area contributed by atoms with Gasteiger partial charge in [0.2, 0.25) is 0 Å². The van der Waals surface area contributed by atoms with Crippen molar-refractivity contribution in [3.05, 3.63) is 97.1 Å². The van der Waals surface area contributed by atoms with Crippen molar-refractivity contribution in [2.45, 2.75) is 151 Å². The molecule has 72 heavy (non-hydrogen) atoms. The first-order valence-corrected chi connectivity index (χ1v) is 27.4. The molecule has 4 aliphatic carbocycles. The van der Waals surface area contributed by atoms with E-state index >= 15 is 0 Å². The Kier molecular flexibility index (Phi) is 12.8. The summed E-state index contributed by atoms with van der Waals surface area (Å²) in [6.45, 7) is 0. The van der Waals surface area contributed by atoms with E-state index in [-0.39, 0.29) is 61.2 Å². The van der Waals surface area contributed by atoms with Crippen LogP contribution in [0.25, 0.3) is 0 Å². The van der Waals surface area contributed by atoms with E-state index in [1.165, 1.54) is 64.2 Å². The second-order valence-corrected chi connectivity index (χ2v) is 22.8. The molecule has 20 atom stereocenters. The molecule has 4 aromatic carbocycles. The molecule has 5 aliphatic heterocycles. The van der Waals surface area contributed by atoms with Gasteiger partial charge in [0.1, 0.15) is 35.2 Å². The molecule has 9 aliphatic rings.